The summed E-state index contributed by atoms with van der Waals surface area (Å²) in [6.45, 7) is 1.95. The number of nitrogens with zero attached hydrogens (tertiary/aromatic N) is 2. The highest BCUT2D eigenvalue weighted by molar-refractivity contribution is 7.99. The summed E-state index contributed by atoms with van der Waals surface area (Å²) < 4.78 is 37.4. The van der Waals surface area contributed by atoms with Crippen LogP contribution in [-0.4, -0.2) is 21.9 Å². The third kappa shape index (κ3) is 5.53. The molecule has 0 saturated carbocycles. The van der Waals surface area contributed by atoms with Crippen LogP contribution in [0.5, 0.6) is 5.75 Å². The Morgan fingerprint density at radius 1 is 1.18 bits per heavy atom. The highest BCUT2D eigenvalue weighted by Crippen LogP contribution is 2.25. The summed E-state index contributed by atoms with van der Waals surface area (Å²) in [5.41, 5.74) is 0.791. The third-order valence-electron chi connectivity index (χ3n) is 3.64. The normalized spacial score (nSPS) is 11.8. The molecule has 9 heteroatoms. The van der Waals surface area contributed by atoms with Crippen molar-refractivity contribution in [3.05, 3.63) is 71.6 Å². The average molecular weight is 405 g/mol. The first-order chi connectivity index (χ1) is 13.5. The van der Waals surface area contributed by atoms with Gasteiger partial charge in [0.05, 0.1) is 5.75 Å². The average Bonchev–Trinajstić information content (AvgIpc) is 3.17. The zero-order chi connectivity index (χ0) is 19.9. The fraction of sp³-hybridized carbons (Fsp3) is 0.211. The van der Waals surface area contributed by atoms with Crippen LogP contribution in [0.1, 0.15) is 24.5 Å². The zero-order valence-corrected chi connectivity index (χ0v) is 15.7. The van der Waals surface area contributed by atoms with E-state index in [1.807, 2.05) is 0 Å². The molecule has 0 aliphatic heterocycles. The van der Waals surface area contributed by atoms with E-state index in [0.717, 1.165) is 17.3 Å². The Morgan fingerprint density at radius 3 is 2.68 bits per heavy atom. The number of hydrogen-bond donors (Lipinski definition) is 1. The maximum Gasteiger partial charge on any atom is 0.277 e. The largest absolute Gasteiger partial charge is 0.478 e. The van der Waals surface area contributed by atoms with Gasteiger partial charge in [-0.1, -0.05) is 36.0 Å². The monoisotopic (exact) mass is 405 g/mol. The highest BCUT2D eigenvalue weighted by atomic mass is 32.2. The first-order valence-electron chi connectivity index (χ1n) is 8.40. The molecule has 2 aromatic carbocycles. The van der Waals surface area contributed by atoms with E-state index in [0.29, 0.717) is 6.54 Å². The Bertz CT molecular complexity index is 934. The fourth-order valence-corrected chi connectivity index (χ4v) is 2.80. The van der Waals surface area contributed by atoms with Crippen molar-refractivity contribution in [2.45, 2.75) is 24.8 Å². The molecule has 146 valence electrons. The molecule has 1 atom stereocenters. The van der Waals surface area contributed by atoms with Crippen LogP contribution in [0.4, 0.5) is 8.78 Å². The minimum Gasteiger partial charge on any atom is -0.478 e. The van der Waals surface area contributed by atoms with E-state index in [-0.39, 0.29) is 34.3 Å². The number of carbonyl (C=O) groups is 1. The second-order valence-electron chi connectivity index (χ2n) is 5.79. The van der Waals surface area contributed by atoms with Crippen molar-refractivity contribution in [3.8, 4) is 5.75 Å². The molecule has 0 saturated heterocycles. The van der Waals surface area contributed by atoms with E-state index < -0.39 is 11.9 Å². The summed E-state index contributed by atoms with van der Waals surface area (Å²) in [4.78, 5) is 11.9. The molecule has 0 bridgehead atoms. The van der Waals surface area contributed by atoms with Crippen molar-refractivity contribution in [3.63, 3.8) is 0 Å². The zero-order valence-electron chi connectivity index (χ0n) is 14.9. The lowest BCUT2D eigenvalue weighted by Crippen LogP contribution is -2.24. The van der Waals surface area contributed by atoms with Crippen LogP contribution in [0.2, 0.25) is 0 Å². The predicted molar refractivity (Wildman–Crippen MR) is 98.7 cm³/mol. The molecule has 3 rings (SSSR count). The van der Waals surface area contributed by atoms with Gasteiger partial charge in [0.1, 0.15) is 5.82 Å². The minimum absolute atomic E-state index is 0.0748. The van der Waals surface area contributed by atoms with Crippen LogP contribution >= 0.6 is 11.8 Å². The van der Waals surface area contributed by atoms with Crippen molar-refractivity contribution < 1.29 is 22.7 Å². The Labute approximate surface area is 164 Å². The molecule has 0 aliphatic rings. The second kappa shape index (κ2) is 9.32. The molecule has 3 aromatic rings. The Hall–Kier alpha value is -2.94. The van der Waals surface area contributed by atoms with Gasteiger partial charge in [0, 0.05) is 6.54 Å². The molecule has 6 nitrogen and oxygen atoms in total. The molecular weight excluding hydrogens is 388 g/mol. The quantitative estimate of drug-likeness (QED) is 0.573. The predicted octanol–water partition coefficient (Wildman–Crippen LogP) is 3.90. The fourth-order valence-electron chi connectivity index (χ4n) is 2.21. The minimum atomic E-state index is -0.647. The Morgan fingerprint density at radius 2 is 1.93 bits per heavy atom. The van der Waals surface area contributed by atoms with E-state index in [1.165, 1.54) is 24.3 Å². The molecule has 0 unspecified atom stereocenters. The number of thioether (sulfide) groups is 1. The molecular formula is C19H17F2N3O3S. The summed E-state index contributed by atoms with van der Waals surface area (Å²) in [7, 11) is 0. The lowest BCUT2D eigenvalue weighted by molar-refractivity contribution is -0.118. The van der Waals surface area contributed by atoms with Crippen molar-refractivity contribution in [2.75, 3.05) is 5.75 Å². The van der Waals surface area contributed by atoms with Gasteiger partial charge in [-0.2, -0.15) is 0 Å². The Balaban J connectivity index is 1.46. The number of nitrogens with one attached hydrogen (secondary N) is 1. The van der Waals surface area contributed by atoms with Crippen molar-refractivity contribution in [2.24, 2.45) is 0 Å². The standard InChI is InChI=1S/C19H17F2N3O3S/c1-12(26-16-5-3-2-4-15(16)21)18-23-24-19(27-18)28-11-17(25)22-10-13-6-8-14(20)9-7-13/h2-9,12H,10-11H2,1H3,(H,22,25)/t12-/m0/s1. The summed E-state index contributed by atoms with van der Waals surface area (Å²) in [6.07, 6.45) is -0.647. The number of para-hydroxylation sites is 1. The number of carbonyl (C=O) groups excluding carboxylic acids is 1. The molecule has 1 aromatic heterocycles. The van der Waals surface area contributed by atoms with Crippen LogP contribution in [-0.2, 0) is 11.3 Å². The second-order valence-corrected chi connectivity index (χ2v) is 6.72. The number of hydrogen-bond acceptors (Lipinski definition) is 6. The summed E-state index contributed by atoms with van der Waals surface area (Å²) in [5, 5.41) is 10.6. The molecule has 0 fully saturated rings. The van der Waals surface area contributed by atoms with E-state index in [4.69, 9.17) is 9.15 Å². The van der Waals surface area contributed by atoms with Gasteiger partial charge in [-0.15, -0.1) is 10.2 Å². The number of halogens is 2. The number of aromatic nitrogens is 2. The van der Waals surface area contributed by atoms with Gasteiger partial charge < -0.3 is 14.5 Å². The molecule has 0 aliphatic carbocycles. The smallest absolute Gasteiger partial charge is 0.277 e. The molecule has 0 spiro atoms. The summed E-state index contributed by atoms with van der Waals surface area (Å²) in [6, 6.07) is 11.9. The molecule has 1 N–H and O–H groups in total. The van der Waals surface area contributed by atoms with E-state index in [1.54, 1.807) is 31.2 Å². The molecule has 1 amide bonds. The molecule has 1 heterocycles. The van der Waals surface area contributed by atoms with Crippen molar-refractivity contribution in [1.29, 1.82) is 0 Å². The topological polar surface area (TPSA) is 77.2 Å². The van der Waals surface area contributed by atoms with Crippen LogP contribution in [0.3, 0.4) is 0 Å². The van der Waals surface area contributed by atoms with Crippen LogP contribution in [0.25, 0.3) is 0 Å². The first-order valence-corrected chi connectivity index (χ1v) is 9.38. The van der Waals surface area contributed by atoms with E-state index >= 15 is 0 Å². The van der Waals surface area contributed by atoms with Crippen LogP contribution in [0, 0.1) is 11.6 Å². The Kier molecular flexibility index (Phi) is 6.59. The van der Waals surface area contributed by atoms with E-state index in [9.17, 15) is 13.6 Å². The van der Waals surface area contributed by atoms with Gasteiger partial charge in [-0.3, -0.25) is 4.79 Å². The maximum absolute atomic E-state index is 13.6. The SMILES string of the molecule is C[C@H](Oc1ccccc1F)c1nnc(SCC(=O)NCc2ccc(F)cc2)o1. The van der Waals surface area contributed by atoms with Gasteiger partial charge in [-0.25, -0.2) is 8.78 Å². The highest BCUT2D eigenvalue weighted by Gasteiger charge is 2.18. The number of amides is 1. The lowest BCUT2D eigenvalue weighted by Gasteiger charge is -2.11. The first kappa shape index (κ1) is 19.8. The van der Waals surface area contributed by atoms with Gasteiger partial charge >= 0.3 is 0 Å². The van der Waals surface area contributed by atoms with Gasteiger partial charge in [0.15, 0.2) is 17.7 Å². The van der Waals surface area contributed by atoms with Crippen molar-refractivity contribution in [1.82, 2.24) is 15.5 Å². The van der Waals surface area contributed by atoms with Gasteiger partial charge in [-0.05, 0) is 36.8 Å². The van der Waals surface area contributed by atoms with E-state index in [2.05, 4.69) is 15.5 Å². The summed E-state index contributed by atoms with van der Waals surface area (Å²) in [5.74, 6) is -0.706. The molecule has 0 radical (unpaired) electrons. The number of ether oxygens (including phenoxy) is 1. The summed E-state index contributed by atoms with van der Waals surface area (Å²) >= 11 is 1.07. The van der Waals surface area contributed by atoms with Crippen LogP contribution < -0.4 is 10.1 Å². The van der Waals surface area contributed by atoms with Crippen molar-refractivity contribution >= 4 is 17.7 Å². The third-order valence-corrected chi connectivity index (χ3v) is 4.46. The van der Waals surface area contributed by atoms with Crippen LogP contribution in [0.15, 0.2) is 58.2 Å². The number of benzene rings is 2. The maximum atomic E-state index is 13.6. The van der Waals surface area contributed by atoms with Gasteiger partial charge in [0.2, 0.25) is 5.91 Å². The molecule has 28 heavy (non-hydrogen) atoms. The number of rotatable bonds is 8. The lowest BCUT2D eigenvalue weighted by atomic mass is 10.2. The van der Waals surface area contributed by atoms with Gasteiger partial charge in [0.25, 0.3) is 11.1 Å².